The first-order valence-corrected chi connectivity index (χ1v) is 8.28. The van der Waals surface area contributed by atoms with Crippen LogP contribution in [-0.2, 0) is 0 Å². The van der Waals surface area contributed by atoms with Gasteiger partial charge in [0.25, 0.3) is 0 Å². The summed E-state index contributed by atoms with van der Waals surface area (Å²) in [5.41, 5.74) is 0.587. The molecule has 17 heavy (non-hydrogen) atoms. The smallest absolute Gasteiger partial charge is 0.0351 e. The minimum atomic E-state index is 0.587. The van der Waals surface area contributed by atoms with Crippen LogP contribution in [0.3, 0.4) is 0 Å². The molecule has 2 unspecified atom stereocenters. The predicted molar refractivity (Wildman–Crippen MR) is 77.8 cm³/mol. The first-order valence-electron chi connectivity index (χ1n) is 6.99. The molecule has 0 aromatic carbocycles. The maximum Gasteiger partial charge on any atom is 0.0351 e. The van der Waals surface area contributed by atoms with Crippen LogP contribution in [0.1, 0.15) is 39.5 Å². The third-order valence-corrected chi connectivity index (χ3v) is 5.93. The highest BCUT2D eigenvalue weighted by molar-refractivity contribution is 7.99. The number of nitrogens with one attached hydrogen (secondary N) is 1. The van der Waals surface area contributed by atoms with Crippen molar-refractivity contribution in [3.05, 3.63) is 0 Å². The summed E-state index contributed by atoms with van der Waals surface area (Å²) in [6.45, 7) is 7.21. The molecule has 0 amide bonds. The molecule has 0 spiro atoms. The Morgan fingerprint density at radius 3 is 2.41 bits per heavy atom. The molecule has 2 aliphatic rings. The van der Waals surface area contributed by atoms with Crippen molar-refractivity contribution >= 4 is 11.8 Å². The van der Waals surface area contributed by atoms with Gasteiger partial charge in [0.15, 0.2) is 0 Å². The normalized spacial score (nSPS) is 34.4. The third-order valence-electron chi connectivity index (χ3n) is 4.84. The van der Waals surface area contributed by atoms with Gasteiger partial charge in [-0.3, -0.25) is 4.90 Å². The fourth-order valence-electron chi connectivity index (χ4n) is 3.35. The Morgan fingerprint density at radius 2 is 1.82 bits per heavy atom. The predicted octanol–water partition coefficient (Wildman–Crippen LogP) is 2.59. The van der Waals surface area contributed by atoms with E-state index >= 15 is 0 Å². The SMILES string of the molecule is CSC1CNCC1N(C)C1CCC(C)(C)CC1. The monoisotopic (exact) mass is 256 g/mol. The zero-order chi connectivity index (χ0) is 12.5. The van der Waals surface area contributed by atoms with Crippen molar-refractivity contribution in [3.63, 3.8) is 0 Å². The van der Waals surface area contributed by atoms with Crippen molar-refractivity contribution in [1.29, 1.82) is 0 Å². The molecule has 100 valence electrons. The van der Waals surface area contributed by atoms with Gasteiger partial charge in [0.2, 0.25) is 0 Å². The molecule has 0 bridgehead atoms. The quantitative estimate of drug-likeness (QED) is 0.835. The maximum absolute atomic E-state index is 3.55. The Labute approximate surface area is 111 Å². The van der Waals surface area contributed by atoms with Gasteiger partial charge in [-0.25, -0.2) is 0 Å². The van der Waals surface area contributed by atoms with Crippen LogP contribution >= 0.6 is 11.8 Å². The molecule has 2 atom stereocenters. The average molecular weight is 256 g/mol. The summed E-state index contributed by atoms with van der Waals surface area (Å²) in [7, 11) is 2.35. The summed E-state index contributed by atoms with van der Waals surface area (Å²) in [5.74, 6) is 0. The van der Waals surface area contributed by atoms with E-state index in [2.05, 4.69) is 37.4 Å². The zero-order valence-corrected chi connectivity index (χ0v) is 12.6. The van der Waals surface area contributed by atoms with Gasteiger partial charge in [0.05, 0.1) is 0 Å². The van der Waals surface area contributed by atoms with Crippen LogP contribution in [-0.4, -0.2) is 48.6 Å². The average Bonchev–Trinajstić information content (AvgIpc) is 2.76. The van der Waals surface area contributed by atoms with E-state index in [1.54, 1.807) is 0 Å². The summed E-state index contributed by atoms with van der Waals surface area (Å²) < 4.78 is 0. The second-order valence-electron chi connectivity index (χ2n) is 6.56. The van der Waals surface area contributed by atoms with Gasteiger partial charge in [-0.05, 0) is 44.4 Å². The highest BCUT2D eigenvalue weighted by Crippen LogP contribution is 2.37. The summed E-state index contributed by atoms with van der Waals surface area (Å²) >= 11 is 2.03. The first-order chi connectivity index (χ1) is 8.03. The molecular formula is C14H28N2S. The first kappa shape index (κ1) is 13.7. The van der Waals surface area contributed by atoms with Crippen LogP contribution in [0.25, 0.3) is 0 Å². The van der Waals surface area contributed by atoms with Crippen molar-refractivity contribution in [2.45, 2.75) is 56.9 Å². The molecule has 1 aliphatic carbocycles. The largest absolute Gasteiger partial charge is 0.314 e. The van der Waals surface area contributed by atoms with Gasteiger partial charge in [-0.1, -0.05) is 13.8 Å². The van der Waals surface area contributed by atoms with E-state index in [4.69, 9.17) is 0 Å². The minimum absolute atomic E-state index is 0.587. The number of rotatable bonds is 3. The van der Waals surface area contributed by atoms with Crippen LogP contribution < -0.4 is 5.32 Å². The van der Waals surface area contributed by atoms with Crippen LogP contribution in [0.5, 0.6) is 0 Å². The van der Waals surface area contributed by atoms with Crippen LogP contribution in [0.2, 0.25) is 0 Å². The minimum Gasteiger partial charge on any atom is -0.314 e. The van der Waals surface area contributed by atoms with Gasteiger partial charge in [0.1, 0.15) is 0 Å². The van der Waals surface area contributed by atoms with E-state index in [1.165, 1.54) is 38.8 Å². The number of likely N-dealkylation sites (N-methyl/N-ethyl adjacent to an activating group) is 1. The topological polar surface area (TPSA) is 15.3 Å². The molecule has 0 aromatic rings. The van der Waals surface area contributed by atoms with E-state index in [-0.39, 0.29) is 0 Å². The van der Waals surface area contributed by atoms with E-state index in [1.807, 2.05) is 11.8 Å². The summed E-state index contributed by atoms with van der Waals surface area (Å²) in [5, 5.41) is 4.33. The van der Waals surface area contributed by atoms with Gasteiger partial charge in [-0.15, -0.1) is 0 Å². The second kappa shape index (κ2) is 5.50. The summed E-state index contributed by atoms with van der Waals surface area (Å²) in [6.07, 6.45) is 7.82. The van der Waals surface area contributed by atoms with Gasteiger partial charge in [0, 0.05) is 30.4 Å². The number of nitrogens with zero attached hydrogens (tertiary/aromatic N) is 1. The van der Waals surface area contributed by atoms with Crippen molar-refractivity contribution in [1.82, 2.24) is 10.2 Å². The molecule has 1 saturated heterocycles. The lowest BCUT2D eigenvalue weighted by atomic mass is 9.75. The third kappa shape index (κ3) is 3.18. The molecular weight excluding hydrogens is 228 g/mol. The Bertz CT molecular complexity index is 245. The van der Waals surface area contributed by atoms with E-state index in [9.17, 15) is 0 Å². The molecule has 1 heterocycles. The molecule has 1 saturated carbocycles. The van der Waals surface area contributed by atoms with Crippen molar-refractivity contribution < 1.29 is 0 Å². The van der Waals surface area contributed by atoms with Crippen LogP contribution in [0, 0.1) is 5.41 Å². The molecule has 2 nitrogen and oxygen atoms in total. The van der Waals surface area contributed by atoms with Crippen molar-refractivity contribution in [2.75, 3.05) is 26.4 Å². The molecule has 3 heteroatoms. The molecule has 0 aromatic heterocycles. The van der Waals surface area contributed by atoms with Crippen molar-refractivity contribution in [3.8, 4) is 0 Å². The maximum atomic E-state index is 3.55. The fourth-order valence-corrected chi connectivity index (χ4v) is 4.24. The lowest BCUT2D eigenvalue weighted by molar-refractivity contribution is 0.102. The number of hydrogen-bond acceptors (Lipinski definition) is 3. The Morgan fingerprint density at radius 1 is 1.18 bits per heavy atom. The fraction of sp³-hybridized carbons (Fsp3) is 1.00. The Hall–Kier alpha value is 0.270. The van der Waals surface area contributed by atoms with E-state index < -0.39 is 0 Å². The standard InChI is InChI=1S/C14H28N2S/c1-14(2)7-5-11(6-8-14)16(3)12-9-15-10-13(12)17-4/h11-13,15H,5-10H2,1-4H3. The lowest BCUT2D eigenvalue weighted by Crippen LogP contribution is -2.47. The van der Waals surface area contributed by atoms with Gasteiger partial charge in [-0.2, -0.15) is 11.8 Å². The van der Waals surface area contributed by atoms with Gasteiger partial charge >= 0.3 is 0 Å². The highest BCUT2D eigenvalue weighted by Gasteiger charge is 2.35. The summed E-state index contributed by atoms with van der Waals surface area (Å²) in [4.78, 5) is 2.68. The summed E-state index contributed by atoms with van der Waals surface area (Å²) in [6, 6.07) is 1.57. The van der Waals surface area contributed by atoms with Gasteiger partial charge < -0.3 is 5.32 Å². The molecule has 0 radical (unpaired) electrons. The number of hydrogen-bond donors (Lipinski definition) is 1. The van der Waals surface area contributed by atoms with E-state index in [0.717, 1.165) is 17.3 Å². The highest BCUT2D eigenvalue weighted by atomic mass is 32.2. The van der Waals surface area contributed by atoms with Crippen molar-refractivity contribution in [2.24, 2.45) is 5.41 Å². The second-order valence-corrected chi connectivity index (χ2v) is 7.64. The molecule has 1 N–H and O–H groups in total. The Balaban J connectivity index is 1.90. The Kier molecular flexibility index (Phi) is 4.43. The van der Waals surface area contributed by atoms with Crippen LogP contribution in [0.15, 0.2) is 0 Å². The zero-order valence-electron chi connectivity index (χ0n) is 11.8. The lowest BCUT2D eigenvalue weighted by Gasteiger charge is -2.42. The molecule has 1 aliphatic heterocycles. The number of thioether (sulfide) groups is 1. The van der Waals surface area contributed by atoms with E-state index in [0.29, 0.717) is 5.41 Å². The van der Waals surface area contributed by atoms with Crippen LogP contribution in [0.4, 0.5) is 0 Å². The molecule has 2 rings (SSSR count). The molecule has 2 fully saturated rings.